The van der Waals surface area contributed by atoms with Crippen LogP contribution < -0.4 is 4.74 Å². The number of Topliss-reactive ketones (excluding diaryl/α,β-unsaturated/α-hetero) is 1. The molecule has 172 valence electrons. The zero-order chi connectivity index (χ0) is 23.4. The Morgan fingerprint density at radius 2 is 1.67 bits per heavy atom. The predicted octanol–water partition coefficient (Wildman–Crippen LogP) is 4.33. The number of hydrogen-bond donors (Lipinski definition) is 0. The summed E-state index contributed by atoms with van der Waals surface area (Å²) in [6, 6.07) is 17.7. The van der Waals surface area contributed by atoms with Gasteiger partial charge in [-0.15, -0.1) is 0 Å². The van der Waals surface area contributed by atoms with E-state index in [0.717, 1.165) is 16.7 Å². The molecule has 0 aliphatic carbocycles. The molecule has 1 aliphatic heterocycles. The van der Waals surface area contributed by atoms with Gasteiger partial charge in [0, 0.05) is 24.2 Å². The number of carbonyl (C=O) groups is 1. The summed E-state index contributed by atoms with van der Waals surface area (Å²) in [6.07, 6.45) is 0. The summed E-state index contributed by atoms with van der Waals surface area (Å²) in [4.78, 5) is 11.6. The fourth-order valence-corrected chi connectivity index (χ4v) is 5.00. The van der Waals surface area contributed by atoms with Crippen LogP contribution in [0.3, 0.4) is 0 Å². The average Bonchev–Trinajstić information content (AvgIpc) is 3.03. The van der Waals surface area contributed by atoms with E-state index >= 15 is 0 Å². The molecule has 1 heterocycles. The zero-order valence-electron chi connectivity index (χ0n) is 18.2. The Kier molecular flexibility index (Phi) is 6.88. The molecule has 1 aliphatic rings. The fraction of sp³-hybridized carbons (Fsp3) is 0.240. The summed E-state index contributed by atoms with van der Waals surface area (Å²) in [5, 5.41) is 0. The Morgan fingerprint density at radius 1 is 1.00 bits per heavy atom. The van der Waals surface area contributed by atoms with Crippen molar-refractivity contribution in [3.63, 3.8) is 0 Å². The maximum absolute atomic E-state index is 13.2. The third-order valence-electron chi connectivity index (χ3n) is 5.42. The van der Waals surface area contributed by atoms with Gasteiger partial charge in [-0.05, 0) is 54.4 Å². The van der Waals surface area contributed by atoms with Crippen LogP contribution in [0.1, 0.15) is 34.0 Å². The highest BCUT2D eigenvalue weighted by Crippen LogP contribution is 2.28. The first-order valence-corrected chi connectivity index (χ1v) is 11.9. The highest BCUT2D eigenvalue weighted by molar-refractivity contribution is 7.89. The highest BCUT2D eigenvalue weighted by atomic mass is 32.2. The summed E-state index contributed by atoms with van der Waals surface area (Å²) >= 11 is 0. The summed E-state index contributed by atoms with van der Waals surface area (Å²) in [7, 11) is -3.76. The van der Waals surface area contributed by atoms with Crippen LogP contribution in [0.2, 0.25) is 0 Å². The molecular formula is C25H24FNO5S. The van der Waals surface area contributed by atoms with Gasteiger partial charge in [-0.3, -0.25) is 4.79 Å². The molecule has 0 saturated heterocycles. The van der Waals surface area contributed by atoms with Crippen LogP contribution in [-0.4, -0.2) is 31.7 Å². The quantitative estimate of drug-likeness (QED) is 0.482. The van der Waals surface area contributed by atoms with Gasteiger partial charge in [-0.25, -0.2) is 12.8 Å². The lowest BCUT2D eigenvalue weighted by molar-refractivity contribution is 0.101. The van der Waals surface area contributed by atoms with E-state index < -0.39 is 10.0 Å². The van der Waals surface area contributed by atoms with Crippen LogP contribution in [0.5, 0.6) is 5.75 Å². The van der Waals surface area contributed by atoms with Crippen molar-refractivity contribution >= 4 is 15.8 Å². The number of hydrogen-bond acceptors (Lipinski definition) is 5. The number of ether oxygens (including phenoxy) is 2. The highest BCUT2D eigenvalue weighted by Gasteiger charge is 2.28. The minimum absolute atomic E-state index is 0.120. The van der Waals surface area contributed by atoms with E-state index in [2.05, 4.69) is 0 Å². The van der Waals surface area contributed by atoms with E-state index in [1.165, 1.54) is 47.6 Å². The molecule has 33 heavy (non-hydrogen) atoms. The standard InChI is InChI=1S/C25H24FNO5S/c1-18(28)21-5-9-24(10-6-21)33(29,30)27-12-13-32-25-11-4-20(14-22(25)15-27)17-31-16-19-2-7-23(26)8-3-19/h2-11,14H,12-13,15-17H2,1H3. The smallest absolute Gasteiger partial charge is 0.243 e. The molecule has 3 aromatic rings. The molecule has 6 nitrogen and oxygen atoms in total. The molecule has 0 aromatic heterocycles. The number of benzene rings is 3. The normalized spacial score (nSPS) is 14.2. The van der Waals surface area contributed by atoms with Crippen molar-refractivity contribution in [1.29, 1.82) is 0 Å². The van der Waals surface area contributed by atoms with Gasteiger partial charge < -0.3 is 9.47 Å². The first-order chi connectivity index (χ1) is 15.8. The van der Waals surface area contributed by atoms with Crippen molar-refractivity contribution in [2.24, 2.45) is 0 Å². The molecule has 4 rings (SSSR count). The fourth-order valence-electron chi connectivity index (χ4n) is 3.60. The van der Waals surface area contributed by atoms with E-state index in [1.54, 1.807) is 12.1 Å². The lowest BCUT2D eigenvalue weighted by Crippen LogP contribution is -2.32. The van der Waals surface area contributed by atoms with Crippen LogP contribution in [0.4, 0.5) is 4.39 Å². The van der Waals surface area contributed by atoms with Gasteiger partial charge in [-0.1, -0.05) is 30.3 Å². The van der Waals surface area contributed by atoms with Gasteiger partial charge in [-0.2, -0.15) is 4.31 Å². The second kappa shape index (κ2) is 9.82. The topological polar surface area (TPSA) is 72.9 Å². The Hall–Kier alpha value is -3.07. The molecular weight excluding hydrogens is 445 g/mol. The van der Waals surface area contributed by atoms with Crippen LogP contribution in [0.25, 0.3) is 0 Å². The molecule has 0 saturated carbocycles. The monoisotopic (exact) mass is 469 g/mol. The Morgan fingerprint density at radius 3 is 2.36 bits per heavy atom. The summed E-state index contributed by atoms with van der Waals surface area (Å²) in [5.74, 6) is 0.228. The van der Waals surface area contributed by atoms with Gasteiger partial charge in [0.2, 0.25) is 10.0 Å². The maximum Gasteiger partial charge on any atom is 0.243 e. The Bertz CT molecular complexity index is 1240. The first-order valence-electron chi connectivity index (χ1n) is 10.5. The predicted molar refractivity (Wildman–Crippen MR) is 121 cm³/mol. The van der Waals surface area contributed by atoms with E-state index in [9.17, 15) is 17.6 Å². The third kappa shape index (κ3) is 5.47. The Labute approximate surface area is 192 Å². The van der Waals surface area contributed by atoms with Crippen LogP contribution in [-0.2, 0) is 34.5 Å². The number of halogens is 1. The van der Waals surface area contributed by atoms with Crippen LogP contribution in [0.15, 0.2) is 71.6 Å². The number of rotatable bonds is 7. The first kappa shape index (κ1) is 23.1. The number of sulfonamides is 1. The third-order valence-corrected chi connectivity index (χ3v) is 7.28. The summed E-state index contributed by atoms with van der Waals surface area (Å²) in [5.41, 5.74) is 2.95. The number of nitrogens with zero attached hydrogens (tertiary/aromatic N) is 1. The molecule has 0 spiro atoms. The summed E-state index contributed by atoms with van der Waals surface area (Å²) in [6.45, 7) is 2.71. The van der Waals surface area contributed by atoms with Crippen molar-refractivity contribution in [2.75, 3.05) is 13.2 Å². The average molecular weight is 470 g/mol. The van der Waals surface area contributed by atoms with Gasteiger partial charge in [0.25, 0.3) is 0 Å². The Balaban J connectivity index is 1.47. The number of carbonyl (C=O) groups excluding carboxylic acids is 1. The van der Waals surface area contributed by atoms with E-state index in [1.807, 2.05) is 18.2 Å². The molecule has 3 aromatic carbocycles. The SMILES string of the molecule is CC(=O)c1ccc(S(=O)(=O)N2CCOc3ccc(COCc4ccc(F)cc4)cc3C2)cc1. The number of ketones is 1. The summed E-state index contributed by atoms with van der Waals surface area (Å²) < 4.78 is 52.3. The zero-order valence-corrected chi connectivity index (χ0v) is 19.0. The van der Waals surface area contributed by atoms with Crippen molar-refractivity contribution in [1.82, 2.24) is 4.31 Å². The maximum atomic E-state index is 13.2. The minimum atomic E-state index is -3.76. The van der Waals surface area contributed by atoms with Gasteiger partial charge in [0.1, 0.15) is 18.2 Å². The molecule has 0 N–H and O–H groups in total. The molecule has 0 amide bonds. The van der Waals surface area contributed by atoms with Crippen molar-refractivity contribution in [2.45, 2.75) is 31.6 Å². The van der Waals surface area contributed by atoms with E-state index in [4.69, 9.17) is 9.47 Å². The lowest BCUT2D eigenvalue weighted by atomic mass is 10.1. The van der Waals surface area contributed by atoms with Crippen molar-refractivity contribution < 1.29 is 27.1 Å². The molecule has 8 heteroatoms. The van der Waals surface area contributed by atoms with Crippen molar-refractivity contribution in [3.05, 3.63) is 94.8 Å². The molecule has 0 radical (unpaired) electrons. The van der Waals surface area contributed by atoms with E-state index in [-0.39, 0.29) is 36.2 Å². The van der Waals surface area contributed by atoms with Crippen LogP contribution >= 0.6 is 0 Å². The van der Waals surface area contributed by atoms with Gasteiger partial charge >= 0.3 is 0 Å². The lowest BCUT2D eigenvalue weighted by Gasteiger charge is -2.20. The van der Waals surface area contributed by atoms with Crippen molar-refractivity contribution in [3.8, 4) is 5.75 Å². The van der Waals surface area contributed by atoms with E-state index in [0.29, 0.717) is 24.5 Å². The second-order valence-electron chi connectivity index (χ2n) is 7.83. The van der Waals surface area contributed by atoms with Gasteiger partial charge in [0.15, 0.2) is 5.78 Å². The molecule has 0 atom stereocenters. The second-order valence-corrected chi connectivity index (χ2v) is 9.77. The number of fused-ring (bicyclic) bond motifs is 1. The molecule has 0 unspecified atom stereocenters. The van der Waals surface area contributed by atoms with Gasteiger partial charge in [0.05, 0.1) is 18.1 Å². The van der Waals surface area contributed by atoms with Crippen LogP contribution in [0, 0.1) is 5.82 Å². The molecule has 0 fully saturated rings. The minimum Gasteiger partial charge on any atom is -0.492 e. The molecule has 0 bridgehead atoms. The largest absolute Gasteiger partial charge is 0.492 e.